The molecular weight excluding hydrogens is 321 g/mol. The quantitative estimate of drug-likeness (QED) is 0.393. The second-order valence-electron chi connectivity index (χ2n) is 5.89. The van der Waals surface area contributed by atoms with E-state index in [0.29, 0.717) is 12.1 Å². The molecule has 0 unspecified atom stereocenters. The minimum atomic E-state index is -0.694. The number of rotatable bonds is 6. The van der Waals surface area contributed by atoms with Gasteiger partial charge in [-0.15, -0.1) is 0 Å². The smallest absolute Gasteiger partial charge is 0.205 e. The Labute approximate surface area is 143 Å². The number of Topliss-reactive ketones (excluding diaryl/α,β-unsaturated/α-hetero) is 3. The molecule has 0 atom stereocenters. The monoisotopic (exact) mass is 337 g/mol. The number of benzene rings is 2. The fourth-order valence-corrected chi connectivity index (χ4v) is 2.75. The molecule has 1 aromatic heterocycles. The van der Waals surface area contributed by atoms with E-state index in [1.54, 1.807) is 18.3 Å². The second-order valence-corrected chi connectivity index (χ2v) is 5.89. The summed E-state index contributed by atoms with van der Waals surface area (Å²) >= 11 is 0. The van der Waals surface area contributed by atoms with Crippen LogP contribution in [0.15, 0.2) is 54.7 Å². The molecule has 0 N–H and O–H groups in total. The van der Waals surface area contributed by atoms with Crippen molar-refractivity contribution in [2.45, 2.75) is 19.9 Å². The Hall–Kier alpha value is -3.08. The summed E-state index contributed by atoms with van der Waals surface area (Å²) in [4.78, 5) is 35.1. The van der Waals surface area contributed by atoms with Crippen molar-refractivity contribution in [3.63, 3.8) is 0 Å². The average molecular weight is 337 g/mol. The third-order valence-electron chi connectivity index (χ3n) is 4.07. The summed E-state index contributed by atoms with van der Waals surface area (Å²) in [6.07, 6.45) is 1.25. The molecule has 5 heteroatoms. The molecule has 3 aromatic rings. The first-order valence-electron chi connectivity index (χ1n) is 7.85. The van der Waals surface area contributed by atoms with E-state index in [9.17, 15) is 18.8 Å². The standard InChI is InChI=1S/C20H16FNO3/c1-13(23)19(24)10-20(25)17-12-22(18-5-3-2-4-16(17)18)11-14-6-8-15(21)9-7-14/h2-9,12H,10-11H2,1H3. The summed E-state index contributed by atoms with van der Waals surface area (Å²) in [5.74, 6) is -2.00. The van der Waals surface area contributed by atoms with Gasteiger partial charge in [-0.3, -0.25) is 14.4 Å². The van der Waals surface area contributed by atoms with Crippen LogP contribution >= 0.6 is 0 Å². The lowest BCUT2D eigenvalue weighted by Gasteiger charge is -2.05. The minimum absolute atomic E-state index is 0.306. The number of halogens is 1. The van der Waals surface area contributed by atoms with Crippen LogP contribution in [0, 0.1) is 5.82 Å². The highest BCUT2D eigenvalue weighted by atomic mass is 19.1. The van der Waals surface area contributed by atoms with Crippen LogP contribution in [0.2, 0.25) is 0 Å². The lowest BCUT2D eigenvalue weighted by Crippen LogP contribution is -2.14. The van der Waals surface area contributed by atoms with E-state index in [1.807, 2.05) is 28.8 Å². The first kappa shape index (κ1) is 16.8. The van der Waals surface area contributed by atoms with Gasteiger partial charge in [0.05, 0.1) is 6.42 Å². The third kappa shape index (κ3) is 3.55. The topological polar surface area (TPSA) is 56.1 Å². The van der Waals surface area contributed by atoms with Gasteiger partial charge in [0, 0.05) is 36.1 Å². The van der Waals surface area contributed by atoms with Gasteiger partial charge in [-0.05, 0) is 23.8 Å². The largest absolute Gasteiger partial charge is 0.342 e. The van der Waals surface area contributed by atoms with E-state index in [-0.39, 0.29) is 11.6 Å². The first-order chi connectivity index (χ1) is 12.0. The molecule has 0 fully saturated rings. The van der Waals surface area contributed by atoms with Crippen molar-refractivity contribution in [1.82, 2.24) is 4.57 Å². The Morgan fingerprint density at radius 2 is 1.68 bits per heavy atom. The highest BCUT2D eigenvalue weighted by Gasteiger charge is 2.19. The zero-order valence-electron chi connectivity index (χ0n) is 13.7. The van der Waals surface area contributed by atoms with E-state index >= 15 is 0 Å². The fourth-order valence-electron chi connectivity index (χ4n) is 2.75. The Balaban J connectivity index is 1.97. The molecular formula is C20H16FNO3. The molecule has 0 aliphatic rings. The molecule has 0 radical (unpaired) electrons. The molecule has 0 saturated carbocycles. The van der Waals surface area contributed by atoms with Gasteiger partial charge in [0.2, 0.25) is 5.78 Å². The molecule has 0 aliphatic carbocycles. The van der Waals surface area contributed by atoms with Crippen LogP contribution in [0.25, 0.3) is 10.9 Å². The van der Waals surface area contributed by atoms with E-state index in [0.717, 1.165) is 23.4 Å². The molecule has 2 aromatic carbocycles. The fraction of sp³-hybridized carbons (Fsp3) is 0.150. The summed E-state index contributed by atoms with van der Waals surface area (Å²) < 4.78 is 14.9. The maximum Gasteiger partial charge on any atom is 0.205 e. The molecule has 25 heavy (non-hydrogen) atoms. The highest BCUT2D eigenvalue weighted by molar-refractivity contribution is 6.40. The number of carbonyl (C=O) groups excluding carboxylic acids is 3. The molecule has 0 aliphatic heterocycles. The number of carbonyl (C=O) groups is 3. The number of para-hydroxylation sites is 1. The van der Waals surface area contributed by atoms with Crippen LogP contribution in [0.3, 0.4) is 0 Å². The van der Waals surface area contributed by atoms with Crippen LogP contribution < -0.4 is 0 Å². The number of aromatic nitrogens is 1. The van der Waals surface area contributed by atoms with Crippen molar-refractivity contribution < 1.29 is 18.8 Å². The zero-order chi connectivity index (χ0) is 18.0. The summed E-state index contributed by atoms with van der Waals surface area (Å²) in [6.45, 7) is 1.63. The van der Waals surface area contributed by atoms with Crippen LogP contribution in [0.5, 0.6) is 0 Å². The van der Waals surface area contributed by atoms with Crippen molar-refractivity contribution in [1.29, 1.82) is 0 Å². The predicted octanol–water partition coefficient (Wildman–Crippen LogP) is 3.56. The van der Waals surface area contributed by atoms with Crippen LogP contribution in [-0.4, -0.2) is 21.9 Å². The maximum atomic E-state index is 13.1. The number of fused-ring (bicyclic) bond motifs is 1. The van der Waals surface area contributed by atoms with Crippen LogP contribution in [0.4, 0.5) is 4.39 Å². The van der Waals surface area contributed by atoms with E-state index in [2.05, 4.69) is 0 Å². The zero-order valence-corrected chi connectivity index (χ0v) is 13.7. The lowest BCUT2D eigenvalue weighted by atomic mass is 10.0. The molecule has 1 heterocycles. The summed E-state index contributed by atoms with van der Waals surface area (Å²) in [5, 5.41) is 0.728. The Bertz CT molecular complexity index is 970. The van der Waals surface area contributed by atoms with E-state index in [1.165, 1.54) is 12.1 Å². The Morgan fingerprint density at radius 3 is 2.36 bits per heavy atom. The SMILES string of the molecule is CC(=O)C(=O)CC(=O)c1cn(Cc2ccc(F)cc2)c2ccccc12. The van der Waals surface area contributed by atoms with Gasteiger partial charge in [-0.25, -0.2) is 4.39 Å². The van der Waals surface area contributed by atoms with Gasteiger partial charge in [-0.2, -0.15) is 0 Å². The van der Waals surface area contributed by atoms with Crippen molar-refractivity contribution in [3.8, 4) is 0 Å². The van der Waals surface area contributed by atoms with Gasteiger partial charge in [-0.1, -0.05) is 30.3 Å². The minimum Gasteiger partial charge on any atom is -0.342 e. The first-order valence-corrected chi connectivity index (χ1v) is 7.85. The Kier molecular flexibility index (Phi) is 4.57. The summed E-state index contributed by atoms with van der Waals surface area (Å²) in [5.41, 5.74) is 2.14. The molecule has 0 saturated heterocycles. The van der Waals surface area contributed by atoms with Crippen molar-refractivity contribution in [2.75, 3.05) is 0 Å². The second kappa shape index (κ2) is 6.81. The molecule has 4 nitrogen and oxygen atoms in total. The predicted molar refractivity (Wildman–Crippen MR) is 92.1 cm³/mol. The van der Waals surface area contributed by atoms with Crippen molar-refractivity contribution >= 4 is 28.3 Å². The maximum absolute atomic E-state index is 13.1. The summed E-state index contributed by atoms with van der Waals surface area (Å²) in [6, 6.07) is 13.5. The van der Waals surface area contributed by atoms with Gasteiger partial charge in [0.1, 0.15) is 5.82 Å². The summed E-state index contributed by atoms with van der Waals surface area (Å²) in [7, 11) is 0. The van der Waals surface area contributed by atoms with Crippen molar-refractivity contribution in [3.05, 3.63) is 71.7 Å². The average Bonchev–Trinajstić information content (AvgIpc) is 2.96. The molecule has 0 spiro atoms. The number of nitrogens with zero attached hydrogens (tertiary/aromatic N) is 1. The van der Waals surface area contributed by atoms with Crippen molar-refractivity contribution in [2.24, 2.45) is 0 Å². The van der Waals surface area contributed by atoms with Gasteiger partial charge >= 0.3 is 0 Å². The number of hydrogen-bond donors (Lipinski definition) is 0. The normalized spacial score (nSPS) is 10.8. The number of ketones is 3. The van der Waals surface area contributed by atoms with Gasteiger partial charge in [0.15, 0.2) is 11.6 Å². The van der Waals surface area contributed by atoms with E-state index in [4.69, 9.17) is 0 Å². The number of hydrogen-bond acceptors (Lipinski definition) is 3. The highest BCUT2D eigenvalue weighted by Crippen LogP contribution is 2.24. The molecule has 0 amide bonds. The van der Waals surface area contributed by atoms with Gasteiger partial charge < -0.3 is 4.57 Å². The molecule has 126 valence electrons. The van der Waals surface area contributed by atoms with Crippen LogP contribution in [-0.2, 0) is 16.1 Å². The van der Waals surface area contributed by atoms with Gasteiger partial charge in [0.25, 0.3) is 0 Å². The van der Waals surface area contributed by atoms with E-state index < -0.39 is 18.0 Å². The Morgan fingerprint density at radius 1 is 1.00 bits per heavy atom. The van der Waals surface area contributed by atoms with Crippen LogP contribution in [0.1, 0.15) is 29.3 Å². The molecule has 0 bridgehead atoms. The lowest BCUT2D eigenvalue weighted by molar-refractivity contribution is -0.134. The third-order valence-corrected chi connectivity index (χ3v) is 4.07. The molecule has 3 rings (SSSR count).